The van der Waals surface area contributed by atoms with Gasteiger partial charge in [-0.05, 0) is 96.2 Å². The molecular weight excluding hydrogens is 717 g/mol. The van der Waals surface area contributed by atoms with Crippen molar-refractivity contribution in [2.75, 3.05) is 26.4 Å². The van der Waals surface area contributed by atoms with Crippen LogP contribution >= 0.6 is 0 Å². The number of hydrogen-bond donors (Lipinski definition) is 0. The number of hydrogen-bond acceptors (Lipinski definition) is 10. The van der Waals surface area contributed by atoms with Crippen molar-refractivity contribution in [2.24, 2.45) is 25.8 Å². The Labute approximate surface area is 336 Å². The molecule has 1 unspecified atom stereocenters. The van der Waals surface area contributed by atoms with Crippen molar-refractivity contribution in [1.82, 2.24) is 0 Å². The highest BCUT2D eigenvalue weighted by atomic mass is 16.7. The highest BCUT2D eigenvalue weighted by Gasteiger charge is 2.34. The van der Waals surface area contributed by atoms with Gasteiger partial charge in [0.2, 0.25) is 0 Å². The van der Waals surface area contributed by atoms with Crippen LogP contribution in [-0.4, -0.2) is 69.5 Å². The van der Waals surface area contributed by atoms with E-state index in [9.17, 15) is 9.59 Å². The van der Waals surface area contributed by atoms with Crippen molar-refractivity contribution in [3.63, 3.8) is 0 Å². The summed E-state index contributed by atoms with van der Waals surface area (Å²) in [6.45, 7) is 7.07. The second kappa shape index (κ2) is 22.8. The average Bonchev–Trinajstić information content (AvgIpc) is 3.26. The number of esters is 2. The highest BCUT2D eigenvalue weighted by molar-refractivity contribution is 5.92. The van der Waals surface area contributed by atoms with Gasteiger partial charge in [0.05, 0.1) is 48.0 Å². The first-order valence-electron chi connectivity index (χ1n) is 20.0. The first-order valence-corrected chi connectivity index (χ1v) is 20.0. The molecule has 298 valence electrons. The molecule has 0 radical (unpaired) electrons. The number of carbonyl (C=O) groups excluding carboxylic acids is 2. The molecule has 1 heterocycles. The van der Waals surface area contributed by atoms with Gasteiger partial charge in [0.25, 0.3) is 0 Å². The zero-order valence-corrected chi connectivity index (χ0v) is 33.3. The Morgan fingerprint density at radius 2 is 1.00 bits per heavy atom. The molecule has 0 aromatic heterocycles. The van der Waals surface area contributed by atoms with Crippen LogP contribution < -0.4 is 0 Å². The normalized spacial score (nSPS) is 14.9. The molecule has 1 aliphatic rings. The first-order chi connectivity index (χ1) is 27.9. The number of ether oxygens (including phenoxy) is 4. The van der Waals surface area contributed by atoms with E-state index in [0.717, 1.165) is 67.2 Å². The lowest BCUT2D eigenvalue weighted by atomic mass is 9.88. The minimum Gasteiger partial charge on any atom is -0.461 e. The second-order valence-electron chi connectivity index (χ2n) is 14.3. The van der Waals surface area contributed by atoms with E-state index in [-0.39, 0.29) is 26.1 Å². The quantitative estimate of drug-likeness (QED) is 0.0502. The molecule has 0 amide bonds. The highest BCUT2D eigenvalue weighted by Crippen LogP contribution is 2.27. The van der Waals surface area contributed by atoms with Crippen LogP contribution in [0.15, 0.2) is 117 Å². The van der Waals surface area contributed by atoms with Crippen molar-refractivity contribution in [3.8, 4) is 0 Å². The molecule has 1 fully saturated rings. The Kier molecular flexibility index (Phi) is 17.1. The largest absolute Gasteiger partial charge is 0.461 e. The molecule has 1 aliphatic heterocycles. The fraction of sp³-hybridized carbons (Fsp3) is 0.362. The maximum Gasteiger partial charge on any atom is 0.338 e. The standard InChI is InChI=1S/C47H54N4O6/c1-4-9-36-12-16-38(17-13-36)29-48-50-31-40-20-24-42(25-21-40)45(52)56-34-47(6-3,33-55-44-11-7-8-28-54-44)35-57-46(53)43-26-22-41(23-27-43)32-51-49-30-39-18-14-37(10-5-2)15-19-39/h12-27,29-32,44H,4-11,28,33-35H2,1-3H3/b48-29+,49-30+,50-31+,51-32+. The fourth-order valence-corrected chi connectivity index (χ4v) is 6.08. The van der Waals surface area contributed by atoms with Gasteiger partial charge in [-0.2, -0.15) is 20.4 Å². The van der Waals surface area contributed by atoms with Crippen LogP contribution in [0.25, 0.3) is 0 Å². The zero-order valence-electron chi connectivity index (χ0n) is 33.3. The predicted octanol–water partition coefficient (Wildman–Crippen LogP) is 9.45. The SMILES string of the molecule is CCCc1ccc(/C=N/N=C/c2ccc(C(=O)OCC(CC)(COC(=O)c3ccc(/C=N/N=C/c4ccc(CCC)cc4)cc3)COC3CCCCO3)cc2)cc1. The molecule has 0 aliphatic carbocycles. The summed E-state index contributed by atoms with van der Waals surface area (Å²) in [6, 6.07) is 30.4. The van der Waals surface area contributed by atoms with E-state index in [2.05, 4.69) is 58.5 Å². The second-order valence-corrected chi connectivity index (χ2v) is 14.3. The summed E-state index contributed by atoms with van der Waals surface area (Å²) in [6.07, 6.45) is 13.9. The van der Waals surface area contributed by atoms with E-state index in [1.54, 1.807) is 73.4 Å². The number of carbonyl (C=O) groups is 2. The van der Waals surface area contributed by atoms with Crippen molar-refractivity contribution in [3.05, 3.63) is 142 Å². The average molecular weight is 771 g/mol. The Balaban J connectivity index is 1.15. The number of aryl methyl sites for hydroxylation is 2. The summed E-state index contributed by atoms with van der Waals surface area (Å²) in [7, 11) is 0. The lowest BCUT2D eigenvalue weighted by Crippen LogP contribution is -2.40. The van der Waals surface area contributed by atoms with Gasteiger partial charge in [-0.3, -0.25) is 0 Å². The third-order valence-corrected chi connectivity index (χ3v) is 9.77. The predicted molar refractivity (Wildman–Crippen MR) is 227 cm³/mol. The third-order valence-electron chi connectivity index (χ3n) is 9.77. The van der Waals surface area contributed by atoms with Crippen LogP contribution in [0.4, 0.5) is 0 Å². The summed E-state index contributed by atoms with van der Waals surface area (Å²) in [5, 5.41) is 16.6. The molecule has 4 aromatic rings. The van der Waals surface area contributed by atoms with Crippen LogP contribution in [0.5, 0.6) is 0 Å². The van der Waals surface area contributed by atoms with Crippen LogP contribution in [0, 0.1) is 5.41 Å². The van der Waals surface area contributed by atoms with Crippen LogP contribution in [0.1, 0.15) is 113 Å². The van der Waals surface area contributed by atoms with Crippen molar-refractivity contribution in [1.29, 1.82) is 0 Å². The molecule has 10 nitrogen and oxygen atoms in total. The van der Waals surface area contributed by atoms with Crippen LogP contribution in [0.2, 0.25) is 0 Å². The van der Waals surface area contributed by atoms with Crippen LogP contribution in [0.3, 0.4) is 0 Å². The van der Waals surface area contributed by atoms with Crippen molar-refractivity contribution < 1.29 is 28.5 Å². The molecule has 4 aromatic carbocycles. The number of benzene rings is 4. The molecule has 0 spiro atoms. The monoisotopic (exact) mass is 770 g/mol. The Morgan fingerprint density at radius 3 is 1.35 bits per heavy atom. The molecule has 57 heavy (non-hydrogen) atoms. The maximum absolute atomic E-state index is 13.2. The van der Waals surface area contributed by atoms with E-state index < -0.39 is 17.4 Å². The summed E-state index contributed by atoms with van der Waals surface area (Å²) in [4.78, 5) is 26.5. The lowest BCUT2D eigenvalue weighted by Gasteiger charge is -2.33. The zero-order chi connectivity index (χ0) is 40.1. The van der Waals surface area contributed by atoms with E-state index in [1.165, 1.54) is 11.1 Å². The van der Waals surface area contributed by atoms with Gasteiger partial charge in [-0.25, -0.2) is 9.59 Å². The smallest absolute Gasteiger partial charge is 0.338 e. The molecular formula is C47H54N4O6. The van der Waals surface area contributed by atoms with Gasteiger partial charge in [-0.15, -0.1) is 0 Å². The molecule has 0 bridgehead atoms. The lowest BCUT2D eigenvalue weighted by molar-refractivity contribution is -0.187. The van der Waals surface area contributed by atoms with Gasteiger partial charge < -0.3 is 18.9 Å². The molecule has 0 saturated carbocycles. The van der Waals surface area contributed by atoms with Crippen molar-refractivity contribution in [2.45, 2.75) is 78.4 Å². The minimum absolute atomic E-state index is 0.0154. The first kappa shape index (κ1) is 42.6. The van der Waals surface area contributed by atoms with Gasteiger partial charge in [0, 0.05) is 6.61 Å². The topological polar surface area (TPSA) is 120 Å². The van der Waals surface area contributed by atoms with E-state index in [0.29, 0.717) is 24.2 Å². The molecule has 1 saturated heterocycles. The van der Waals surface area contributed by atoms with Gasteiger partial charge >= 0.3 is 11.9 Å². The Bertz CT molecular complexity index is 1820. The van der Waals surface area contributed by atoms with E-state index in [4.69, 9.17) is 18.9 Å². The fourth-order valence-electron chi connectivity index (χ4n) is 6.08. The Hall–Kier alpha value is -5.58. The molecule has 1 atom stereocenters. The summed E-state index contributed by atoms with van der Waals surface area (Å²) in [5.41, 5.74) is 6.10. The van der Waals surface area contributed by atoms with Gasteiger partial charge in [0.1, 0.15) is 13.2 Å². The number of nitrogens with zero attached hydrogens (tertiary/aromatic N) is 4. The van der Waals surface area contributed by atoms with E-state index >= 15 is 0 Å². The third kappa shape index (κ3) is 14.1. The summed E-state index contributed by atoms with van der Waals surface area (Å²) in [5.74, 6) is -0.986. The Morgan fingerprint density at radius 1 is 0.596 bits per heavy atom. The van der Waals surface area contributed by atoms with E-state index in [1.807, 2.05) is 31.2 Å². The van der Waals surface area contributed by atoms with Gasteiger partial charge in [0.15, 0.2) is 6.29 Å². The summed E-state index contributed by atoms with van der Waals surface area (Å²) < 4.78 is 23.7. The van der Waals surface area contributed by atoms with Crippen LogP contribution in [-0.2, 0) is 31.8 Å². The summed E-state index contributed by atoms with van der Waals surface area (Å²) >= 11 is 0. The maximum atomic E-state index is 13.2. The van der Waals surface area contributed by atoms with Gasteiger partial charge in [-0.1, -0.05) is 106 Å². The number of rotatable bonds is 20. The molecule has 10 heteroatoms. The van der Waals surface area contributed by atoms with Crippen molar-refractivity contribution >= 4 is 36.8 Å². The minimum atomic E-state index is -0.798. The molecule has 5 rings (SSSR count). The molecule has 0 N–H and O–H groups in total.